The van der Waals surface area contributed by atoms with Crippen molar-refractivity contribution >= 4 is 5.82 Å². The third-order valence-electron chi connectivity index (χ3n) is 3.62. The summed E-state index contributed by atoms with van der Waals surface area (Å²) in [5, 5.41) is 4.41. The maximum Gasteiger partial charge on any atom is 0.131 e. The van der Waals surface area contributed by atoms with Gasteiger partial charge < -0.3 is 10.5 Å². The van der Waals surface area contributed by atoms with Crippen LogP contribution in [0.1, 0.15) is 18.1 Å². The Labute approximate surface area is 135 Å². The van der Waals surface area contributed by atoms with Gasteiger partial charge in [-0.2, -0.15) is 5.10 Å². The lowest BCUT2D eigenvalue weighted by Gasteiger charge is -2.05. The van der Waals surface area contributed by atoms with Crippen LogP contribution in [-0.4, -0.2) is 21.4 Å². The van der Waals surface area contributed by atoms with Crippen LogP contribution in [0.25, 0.3) is 11.1 Å². The van der Waals surface area contributed by atoms with E-state index in [1.807, 2.05) is 36.1 Å². The first kappa shape index (κ1) is 15.2. The van der Waals surface area contributed by atoms with E-state index in [2.05, 4.69) is 34.3 Å². The second-order valence-corrected chi connectivity index (χ2v) is 5.32. The Balaban J connectivity index is 1.71. The first-order valence-corrected chi connectivity index (χ1v) is 7.65. The highest BCUT2D eigenvalue weighted by atomic mass is 16.5. The van der Waals surface area contributed by atoms with Crippen molar-refractivity contribution in [3.05, 3.63) is 66.1 Å². The molecule has 1 aromatic carbocycles. The number of nitrogen functional groups attached to an aromatic ring is 1. The van der Waals surface area contributed by atoms with E-state index in [0.29, 0.717) is 12.4 Å². The molecule has 3 aromatic rings. The number of benzene rings is 1. The molecule has 3 rings (SSSR count). The minimum Gasteiger partial charge on any atom is -0.383 e. The minimum absolute atomic E-state index is 0.521. The lowest BCUT2D eigenvalue weighted by molar-refractivity contribution is 0.134. The van der Waals surface area contributed by atoms with Gasteiger partial charge in [-0.05, 0) is 30.2 Å². The van der Waals surface area contributed by atoms with Crippen LogP contribution in [0.4, 0.5) is 5.82 Å². The molecule has 0 saturated heterocycles. The SMILES string of the molecule is CCOCc1ccc(Cn2cc(-c3cccnc3N)cn2)cc1. The van der Waals surface area contributed by atoms with Crippen molar-refractivity contribution in [3.8, 4) is 11.1 Å². The molecule has 0 unspecified atom stereocenters. The van der Waals surface area contributed by atoms with Crippen LogP contribution < -0.4 is 5.73 Å². The molecule has 0 amide bonds. The Kier molecular flexibility index (Phi) is 4.68. The highest BCUT2D eigenvalue weighted by molar-refractivity contribution is 5.72. The smallest absolute Gasteiger partial charge is 0.131 e. The van der Waals surface area contributed by atoms with Crippen LogP contribution in [0, 0.1) is 0 Å². The van der Waals surface area contributed by atoms with Crippen molar-refractivity contribution < 1.29 is 4.74 Å². The molecule has 0 bridgehead atoms. The summed E-state index contributed by atoms with van der Waals surface area (Å²) in [7, 11) is 0. The molecule has 0 radical (unpaired) electrons. The molecular weight excluding hydrogens is 288 g/mol. The van der Waals surface area contributed by atoms with Gasteiger partial charge in [-0.1, -0.05) is 24.3 Å². The number of anilines is 1. The van der Waals surface area contributed by atoms with E-state index in [9.17, 15) is 0 Å². The van der Waals surface area contributed by atoms with Gasteiger partial charge in [0.15, 0.2) is 0 Å². The zero-order chi connectivity index (χ0) is 16.1. The summed E-state index contributed by atoms with van der Waals surface area (Å²) in [5.41, 5.74) is 10.2. The summed E-state index contributed by atoms with van der Waals surface area (Å²) < 4.78 is 7.31. The van der Waals surface area contributed by atoms with Crippen LogP contribution in [-0.2, 0) is 17.9 Å². The van der Waals surface area contributed by atoms with E-state index in [0.717, 1.165) is 24.3 Å². The van der Waals surface area contributed by atoms with E-state index in [4.69, 9.17) is 10.5 Å². The van der Waals surface area contributed by atoms with Gasteiger partial charge in [-0.15, -0.1) is 0 Å². The summed E-state index contributed by atoms with van der Waals surface area (Å²) in [5.74, 6) is 0.521. The highest BCUT2D eigenvalue weighted by Crippen LogP contribution is 2.23. The molecule has 2 aromatic heterocycles. The van der Waals surface area contributed by atoms with E-state index in [1.54, 1.807) is 6.20 Å². The molecule has 0 aliphatic carbocycles. The average Bonchev–Trinajstić information content (AvgIpc) is 3.03. The fourth-order valence-corrected chi connectivity index (χ4v) is 2.40. The molecule has 0 saturated carbocycles. The fraction of sp³-hybridized carbons (Fsp3) is 0.222. The van der Waals surface area contributed by atoms with Crippen molar-refractivity contribution in [2.24, 2.45) is 0 Å². The maximum atomic E-state index is 5.91. The lowest BCUT2D eigenvalue weighted by Crippen LogP contribution is -2.00. The third kappa shape index (κ3) is 3.76. The quantitative estimate of drug-likeness (QED) is 0.760. The van der Waals surface area contributed by atoms with Crippen LogP contribution in [0.3, 0.4) is 0 Å². The van der Waals surface area contributed by atoms with Crippen molar-refractivity contribution in [1.29, 1.82) is 0 Å². The maximum absolute atomic E-state index is 5.91. The van der Waals surface area contributed by atoms with Crippen LogP contribution in [0.2, 0.25) is 0 Å². The van der Waals surface area contributed by atoms with Gasteiger partial charge in [0.05, 0.1) is 19.3 Å². The van der Waals surface area contributed by atoms with Crippen LogP contribution >= 0.6 is 0 Å². The largest absolute Gasteiger partial charge is 0.383 e. The van der Waals surface area contributed by atoms with Gasteiger partial charge in [0, 0.05) is 30.1 Å². The van der Waals surface area contributed by atoms with Gasteiger partial charge in [-0.3, -0.25) is 4.68 Å². The second kappa shape index (κ2) is 7.07. The highest BCUT2D eigenvalue weighted by Gasteiger charge is 2.06. The average molecular weight is 308 g/mol. The Bertz CT molecular complexity index is 765. The summed E-state index contributed by atoms with van der Waals surface area (Å²) in [6.45, 7) is 4.10. The van der Waals surface area contributed by atoms with Gasteiger partial charge in [-0.25, -0.2) is 4.98 Å². The van der Waals surface area contributed by atoms with Gasteiger partial charge in [0.25, 0.3) is 0 Å². The molecule has 0 fully saturated rings. The number of hydrogen-bond acceptors (Lipinski definition) is 4. The Morgan fingerprint density at radius 3 is 2.65 bits per heavy atom. The molecule has 0 spiro atoms. The predicted octanol–water partition coefficient (Wildman–Crippen LogP) is 3.11. The van der Waals surface area contributed by atoms with Gasteiger partial charge >= 0.3 is 0 Å². The Hall–Kier alpha value is -2.66. The molecule has 0 aliphatic heterocycles. The third-order valence-corrected chi connectivity index (χ3v) is 3.62. The van der Waals surface area contributed by atoms with Gasteiger partial charge in [0.2, 0.25) is 0 Å². The molecule has 0 atom stereocenters. The van der Waals surface area contributed by atoms with Gasteiger partial charge in [0.1, 0.15) is 5.82 Å². The van der Waals surface area contributed by atoms with Crippen molar-refractivity contribution in [3.63, 3.8) is 0 Å². The van der Waals surface area contributed by atoms with Crippen molar-refractivity contribution in [1.82, 2.24) is 14.8 Å². The normalized spacial score (nSPS) is 10.8. The molecule has 0 aliphatic rings. The number of nitrogens with two attached hydrogens (primary N) is 1. The molecule has 2 heterocycles. The molecule has 2 N–H and O–H groups in total. The zero-order valence-corrected chi connectivity index (χ0v) is 13.1. The second-order valence-electron chi connectivity index (χ2n) is 5.32. The first-order valence-electron chi connectivity index (χ1n) is 7.65. The number of ether oxygens (including phenoxy) is 1. The number of pyridine rings is 1. The molecule has 5 heteroatoms. The van der Waals surface area contributed by atoms with Crippen LogP contribution in [0.15, 0.2) is 55.0 Å². The number of nitrogens with zero attached hydrogens (tertiary/aromatic N) is 3. The molecular formula is C18H20N4O. The minimum atomic E-state index is 0.521. The van der Waals surface area contributed by atoms with E-state index in [-0.39, 0.29) is 0 Å². The molecule has 118 valence electrons. The summed E-state index contributed by atoms with van der Waals surface area (Å²) in [6, 6.07) is 12.2. The standard InChI is InChI=1S/C18H20N4O/c1-2-23-13-15-7-5-14(6-8-15)11-22-12-16(10-21-22)17-4-3-9-20-18(17)19/h3-10,12H,2,11,13H2,1H3,(H2,19,20). The van der Waals surface area contributed by atoms with E-state index in [1.165, 1.54) is 11.1 Å². The van der Waals surface area contributed by atoms with Crippen molar-refractivity contribution in [2.45, 2.75) is 20.1 Å². The summed E-state index contributed by atoms with van der Waals surface area (Å²) in [6.07, 6.45) is 5.49. The van der Waals surface area contributed by atoms with E-state index < -0.39 is 0 Å². The fourth-order valence-electron chi connectivity index (χ4n) is 2.40. The Morgan fingerprint density at radius 2 is 1.91 bits per heavy atom. The Morgan fingerprint density at radius 1 is 1.13 bits per heavy atom. The predicted molar refractivity (Wildman–Crippen MR) is 90.7 cm³/mol. The van der Waals surface area contributed by atoms with Crippen LogP contribution in [0.5, 0.6) is 0 Å². The topological polar surface area (TPSA) is 66.0 Å². The van der Waals surface area contributed by atoms with E-state index >= 15 is 0 Å². The number of hydrogen-bond donors (Lipinski definition) is 1. The summed E-state index contributed by atoms with van der Waals surface area (Å²) >= 11 is 0. The summed E-state index contributed by atoms with van der Waals surface area (Å²) in [4.78, 5) is 4.11. The van der Waals surface area contributed by atoms with Crippen molar-refractivity contribution in [2.75, 3.05) is 12.3 Å². The number of rotatable bonds is 6. The zero-order valence-electron chi connectivity index (χ0n) is 13.1. The molecule has 23 heavy (non-hydrogen) atoms. The first-order chi connectivity index (χ1) is 11.3. The monoisotopic (exact) mass is 308 g/mol. The number of aromatic nitrogens is 3. The lowest BCUT2D eigenvalue weighted by atomic mass is 10.1. The molecule has 5 nitrogen and oxygen atoms in total.